The van der Waals surface area contributed by atoms with Gasteiger partial charge in [0.2, 0.25) is 0 Å². The molecule has 12 nitrogen and oxygen atoms in total. The molecule has 0 aliphatic carbocycles. The molecular weight excluding hydrogens is 444 g/mol. The number of hydrogen-bond acceptors (Lipinski definition) is 12. The van der Waals surface area contributed by atoms with Crippen LogP contribution in [0.1, 0.15) is 6.92 Å². The summed E-state index contributed by atoms with van der Waals surface area (Å²) in [6, 6.07) is 0. The van der Waals surface area contributed by atoms with Gasteiger partial charge in [-0.05, 0) is 0 Å². The second-order valence-corrected chi connectivity index (χ2v) is 7.68. The molecule has 0 N–H and O–H groups in total. The highest BCUT2D eigenvalue weighted by Gasteiger charge is 2.53. The minimum atomic E-state index is -0.908. The van der Waals surface area contributed by atoms with Gasteiger partial charge in [-0.2, -0.15) is 0 Å². The van der Waals surface area contributed by atoms with E-state index in [-0.39, 0.29) is 13.2 Å². The summed E-state index contributed by atoms with van der Waals surface area (Å²) in [5, 5.41) is 0. The topological polar surface area (TPSA) is 119 Å². The van der Waals surface area contributed by atoms with Gasteiger partial charge >= 0.3 is 5.97 Å². The van der Waals surface area contributed by atoms with E-state index in [1.54, 1.807) is 21.3 Å². The maximum absolute atomic E-state index is 11.5. The van der Waals surface area contributed by atoms with Gasteiger partial charge in [-0.3, -0.25) is 4.79 Å². The fourth-order valence-electron chi connectivity index (χ4n) is 4.33. The standard InChI is InChI=1S/C21H38O12/c1-11(22)30-10-13-15(17(26-5)18(27-6)20(29-8)31-13)33-21-19(28-7)16(25-4)14(24-3)12(32-21)9-23-2/h12-21H,9-10H2,1-8H3/t12-,13+,14+,15+,16-,17-,18+,19-,20-,21+/m0/s1. The van der Waals surface area contributed by atoms with E-state index in [0.29, 0.717) is 0 Å². The smallest absolute Gasteiger partial charge is 0.302 e. The van der Waals surface area contributed by atoms with Crippen LogP contribution < -0.4 is 0 Å². The lowest BCUT2D eigenvalue weighted by atomic mass is 9.96. The Labute approximate surface area is 194 Å². The molecular formula is C21H38O12. The van der Waals surface area contributed by atoms with Crippen LogP contribution in [0.15, 0.2) is 0 Å². The van der Waals surface area contributed by atoms with Crippen LogP contribution in [0.4, 0.5) is 0 Å². The molecule has 2 heterocycles. The van der Waals surface area contributed by atoms with Crippen molar-refractivity contribution >= 4 is 5.97 Å². The molecule has 0 amide bonds. The Hall–Kier alpha value is -0.930. The molecule has 0 aromatic rings. The van der Waals surface area contributed by atoms with Gasteiger partial charge in [-0.15, -0.1) is 0 Å². The number of carbonyl (C=O) groups is 1. The molecule has 33 heavy (non-hydrogen) atoms. The molecule has 2 rings (SSSR count). The van der Waals surface area contributed by atoms with Crippen molar-refractivity contribution in [2.45, 2.75) is 68.3 Å². The van der Waals surface area contributed by atoms with E-state index in [2.05, 4.69) is 0 Å². The average Bonchev–Trinajstić information content (AvgIpc) is 2.81. The van der Waals surface area contributed by atoms with Gasteiger partial charge < -0.3 is 52.1 Å². The van der Waals surface area contributed by atoms with Gasteiger partial charge in [-0.1, -0.05) is 0 Å². The number of rotatable bonds is 12. The van der Waals surface area contributed by atoms with Crippen molar-refractivity contribution in [3.8, 4) is 0 Å². The molecule has 12 heteroatoms. The molecule has 10 atom stereocenters. The summed E-state index contributed by atoms with van der Waals surface area (Å²) in [5.74, 6) is -0.458. The third kappa shape index (κ3) is 6.60. The number of ether oxygens (including phenoxy) is 11. The molecule has 0 spiro atoms. The first-order valence-corrected chi connectivity index (χ1v) is 10.7. The molecule has 0 aromatic carbocycles. The SMILES string of the molecule is COC[C@@H]1O[C@H](O[C@H]2[C@H](OC)[C@@H](OC)[C@@H](OC)O[C@@H]2COC(C)=O)[C@@H](OC)[C@@H](OC)[C@@H]1OC. The maximum Gasteiger partial charge on any atom is 0.302 e. The first kappa shape index (κ1) is 28.3. The number of methoxy groups -OCH3 is 7. The van der Waals surface area contributed by atoms with Crippen LogP contribution in [0.3, 0.4) is 0 Å². The number of carbonyl (C=O) groups excluding carboxylic acids is 1. The first-order chi connectivity index (χ1) is 15.9. The van der Waals surface area contributed by atoms with Crippen molar-refractivity contribution in [2.24, 2.45) is 0 Å². The zero-order valence-electron chi connectivity index (χ0n) is 20.6. The van der Waals surface area contributed by atoms with E-state index in [9.17, 15) is 4.79 Å². The van der Waals surface area contributed by atoms with Crippen LogP contribution in [0.2, 0.25) is 0 Å². The lowest BCUT2D eigenvalue weighted by molar-refractivity contribution is -0.365. The molecule has 2 aliphatic heterocycles. The number of hydrogen-bond donors (Lipinski definition) is 0. The fourth-order valence-corrected chi connectivity index (χ4v) is 4.33. The fraction of sp³-hybridized carbons (Fsp3) is 0.952. The summed E-state index contributed by atoms with van der Waals surface area (Å²) >= 11 is 0. The summed E-state index contributed by atoms with van der Waals surface area (Å²) < 4.78 is 62.8. The minimum absolute atomic E-state index is 0.0869. The average molecular weight is 483 g/mol. The van der Waals surface area contributed by atoms with Gasteiger partial charge in [-0.25, -0.2) is 0 Å². The normalized spacial score (nSPS) is 39.4. The molecule has 2 saturated heterocycles. The van der Waals surface area contributed by atoms with Crippen LogP contribution >= 0.6 is 0 Å². The van der Waals surface area contributed by atoms with Gasteiger partial charge in [0.1, 0.15) is 55.4 Å². The zero-order valence-corrected chi connectivity index (χ0v) is 20.6. The Morgan fingerprint density at radius 2 is 1.09 bits per heavy atom. The lowest BCUT2D eigenvalue weighted by Gasteiger charge is -2.49. The molecule has 194 valence electrons. The van der Waals surface area contributed by atoms with Crippen molar-refractivity contribution in [3.05, 3.63) is 0 Å². The molecule has 0 unspecified atom stereocenters. The van der Waals surface area contributed by atoms with Gasteiger partial charge in [0.25, 0.3) is 0 Å². The Morgan fingerprint density at radius 1 is 0.606 bits per heavy atom. The van der Waals surface area contributed by atoms with E-state index in [4.69, 9.17) is 52.1 Å². The summed E-state index contributed by atoms with van der Waals surface area (Å²) in [4.78, 5) is 11.5. The first-order valence-electron chi connectivity index (χ1n) is 10.7. The highest BCUT2D eigenvalue weighted by molar-refractivity contribution is 5.65. The minimum Gasteiger partial charge on any atom is -0.463 e. The molecule has 2 aliphatic rings. The Balaban J connectivity index is 2.35. The predicted molar refractivity (Wildman–Crippen MR) is 112 cm³/mol. The summed E-state index contributed by atoms with van der Waals surface area (Å²) in [6.07, 6.45) is -6.56. The van der Waals surface area contributed by atoms with E-state index in [1.807, 2.05) is 0 Å². The Morgan fingerprint density at radius 3 is 1.58 bits per heavy atom. The van der Waals surface area contributed by atoms with Crippen LogP contribution in [-0.4, -0.2) is 130 Å². The van der Waals surface area contributed by atoms with Crippen molar-refractivity contribution < 1.29 is 56.9 Å². The molecule has 2 fully saturated rings. The van der Waals surface area contributed by atoms with Gasteiger partial charge in [0.05, 0.1) is 6.61 Å². The van der Waals surface area contributed by atoms with Crippen LogP contribution in [-0.2, 0) is 56.9 Å². The number of esters is 1. The highest BCUT2D eigenvalue weighted by atomic mass is 16.8. The van der Waals surface area contributed by atoms with Crippen molar-refractivity contribution in [3.63, 3.8) is 0 Å². The highest BCUT2D eigenvalue weighted by Crippen LogP contribution is 2.33. The summed E-state index contributed by atoms with van der Waals surface area (Å²) in [5.41, 5.74) is 0. The van der Waals surface area contributed by atoms with E-state index < -0.39 is 67.4 Å². The van der Waals surface area contributed by atoms with Crippen LogP contribution in [0, 0.1) is 0 Å². The Kier molecular flexibility index (Phi) is 11.9. The van der Waals surface area contributed by atoms with E-state index in [0.717, 1.165) is 0 Å². The van der Waals surface area contributed by atoms with Crippen molar-refractivity contribution in [1.82, 2.24) is 0 Å². The monoisotopic (exact) mass is 482 g/mol. The predicted octanol–water partition coefficient (Wildman–Crippen LogP) is -0.248. The van der Waals surface area contributed by atoms with E-state index >= 15 is 0 Å². The van der Waals surface area contributed by atoms with Crippen molar-refractivity contribution in [2.75, 3.05) is 63.0 Å². The second kappa shape index (κ2) is 13.8. The van der Waals surface area contributed by atoms with E-state index in [1.165, 1.54) is 35.4 Å². The largest absolute Gasteiger partial charge is 0.463 e. The lowest BCUT2D eigenvalue weighted by Crippen LogP contribution is -2.66. The van der Waals surface area contributed by atoms with Crippen LogP contribution in [0.25, 0.3) is 0 Å². The molecule has 0 saturated carbocycles. The summed E-state index contributed by atoms with van der Waals surface area (Å²) in [7, 11) is 10.7. The quantitative estimate of drug-likeness (QED) is 0.341. The third-order valence-electron chi connectivity index (χ3n) is 5.85. The summed E-state index contributed by atoms with van der Waals surface area (Å²) in [6.45, 7) is 1.47. The van der Waals surface area contributed by atoms with Gasteiger partial charge in [0, 0.05) is 56.7 Å². The molecule has 0 bridgehead atoms. The van der Waals surface area contributed by atoms with Crippen LogP contribution in [0.5, 0.6) is 0 Å². The third-order valence-corrected chi connectivity index (χ3v) is 5.85. The molecule has 0 aromatic heterocycles. The molecule has 0 radical (unpaired) electrons. The van der Waals surface area contributed by atoms with Crippen molar-refractivity contribution in [1.29, 1.82) is 0 Å². The second-order valence-electron chi connectivity index (χ2n) is 7.68. The zero-order chi connectivity index (χ0) is 24.5. The Bertz CT molecular complexity index is 577. The maximum atomic E-state index is 11.5. The van der Waals surface area contributed by atoms with Gasteiger partial charge in [0.15, 0.2) is 12.6 Å².